The quantitative estimate of drug-likeness (QED) is 0.850. The summed E-state index contributed by atoms with van der Waals surface area (Å²) in [6.07, 6.45) is 2.12. The first-order chi connectivity index (χ1) is 9.17. The number of hydrogen-bond donors (Lipinski definition) is 1. The van der Waals surface area contributed by atoms with Gasteiger partial charge in [-0.15, -0.1) is 12.4 Å². The Kier molecular flexibility index (Phi) is 4.29. The number of benzene rings is 1. The highest BCUT2D eigenvalue weighted by Crippen LogP contribution is 2.48. The lowest BCUT2D eigenvalue weighted by Crippen LogP contribution is -2.08. The van der Waals surface area contributed by atoms with Crippen molar-refractivity contribution < 1.29 is 4.39 Å². The van der Waals surface area contributed by atoms with E-state index in [4.69, 9.17) is 0 Å². The zero-order chi connectivity index (χ0) is 13.3. The lowest BCUT2D eigenvalue weighted by atomic mass is 10.0. The molecule has 3 rings (SSSR count). The highest BCUT2D eigenvalue weighted by molar-refractivity contribution is 5.85. The fourth-order valence-electron chi connectivity index (χ4n) is 2.23. The number of pyridine rings is 1. The van der Waals surface area contributed by atoms with E-state index < -0.39 is 0 Å². The molecule has 1 heterocycles. The van der Waals surface area contributed by atoms with E-state index in [2.05, 4.69) is 17.2 Å². The molecule has 1 fully saturated rings. The van der Waals surface area contributed by atoms with Crippen LogP contribution >= 0.6 is 12.4 Å². The van der Waals surface area contributed by atoms with Crippen molar-refractivity contribution in [3.05, 3.63) is 59.5 Å². The van der Waals surface area contributed by atoms with Gasteiger partial charge >= 0.3 is 0 Å². The van der Waals surface area contributed by atoms with Crippen LogP contribution < -0.4 is 5.32 Å². The lowest BCUT2D eigenvalue weighted by Gasteiger charge is -2.11. The molecule has 0 amide bonds. The fraction of sp³-hybridized carbons (Fsp3) is 0.312. The van der Waals surface area contributed by atoms with Gasteiger partial charge in [0.05, 0.1) is 0 Å². The molecule has 0 radical (unpaired) electrons. The zero-order valence-corrected chi connectivity index (χ0v) is 12.2. The summed E-state index contributed by atoms with van der Waals surface area (Å²) in [5, 5.41) is 3.15. The largest absolute Gasteiger partial charge is 0.366 e. The molecule has 1 aliphatic carbocycles. The standard InChI is InChI=1S/C16H17FN2.ClH/c1-16(9-10-16)13-7-8-14(19-15(13)17)18-11-12-5-3-2-4-6-12;/h2-8H,9-11H2,1H3,(H,18,19);1H. The van der Waals surface area contributed by atoms with Gasteiger partial charge < -0.3 is 5.32 Å². The highest BCUT2D eigenvalue weighted by atomic mass is 35.5. The summed E-state index contributed by atoms with van der Waals surface area (Å²) in [7, 11) is 0. The average Bonchev–Trinajstić information content (AvgIpc) is 3.16. The van der Waals surface area contributed by atoms with E-state index in [1.807, 2.05) is 42.5 Å². The summed E-state index contributed by atoms with van der Waals surface area (Å²) in [6, 6.07) is 13.7. The molecule has 0 saturated heterocycles. The normalized spacial score (nSPS) is 15.3. The van der Waals surface area contributed by atoms with Crippen molar-refractivity contribution in [2.75, 3.05) is 5.32 Å². The van der Waals surface area contributed by atoms with Crippen molar-refractivity contribution in [2.45, 2.75) is 31.7 Å². The second kappa shape index (κ2) is 5.80. The predicted octanol–water partition coefficient (Wildman–Crippen LogP) is 4.31. The molecule has 4 heteroatoms. The minimum Gasteiger partial charge on any atom is -0.366 e. The molecule has 2 aromatic rings. The molecule has 0 bridgehead atoms. The first kappa shape index (κ1) is 14.8. The van der Waals surface area contributed by atoms with E-state index in [0.29, 0.717) is 12.4 Å². The van der Waals surface area contributed by atoms with E-state index in [9.17, 15) is 4.39 Å². The van der Waals surface area contributed by atoms with Crippen LogP contribution in [0.3, 0.4) is 0 Å². The van der Waals surface area contributed by atoms with Crippen molar-refractivity contribution in [3.63, 3.8) is 0 Å². The number of halogens is 2. The van der Waals surface area contributed by atoms with Crippen LogP contribution in [0.2, 0.25) is 0 Å². The Morgan fingerprint density at radius 2 is 1.85 bits per heavy atom. The molecule has 1 saturated carbocycles. The van der Waals surface area contributed by atoms with Crippen molar-refractivity contribution in [3.8, 4) is 0 Å². The molecule has 1 aromatic carbocycles. The van der Waals surface area contributed by atoms with E-state index in [-0.39, 0.29) is 23.8 Å². The van der Waals surface area contributed by atoms with Crippen LogP contribution in [0.25, 0.3) is 0 Å². The molecule has 0 atom stereocenters. The van der Waals surface area contributed by atoms with E-state index >= 15 is 0 Å². The van der Waals surface area contributed by atoms with Crippen LogP contribution in [-0.2, 0) is 12.0 Å². The Bertz CT molecular complexity index is 582. The third-order valence-corrected chi connectivity index (χ3v) is 3.82. The molecule has 0 unspecified atom stereocenters. The van der Waals surface area contributed by atoms with Gasteiger partial charge in [-0.25, -0.2) is 4.98 Å². The predicted molar refractivity (Wildman–Crippen MR) is 81.8 cm³/mol. The van der Waals surface area contributed by atoms with Gasteiger partial charge in [0.15, 0.2) is 0 Å². The number of hydrogen-bond acceptors (Lipinski definition) is 2. The van der Waals surface area contributed by atoms with Crippen LogP contribution in [0.15, 0.2) is 42.5 Å². The van der Waals surface area contributed by atoms with Crippen LogP contribution in [-0.4, -0.2) is 4.98 Å². The maximum Gasteiger partial charge on any atom is 0.218 e. The second-order valence-corrected chi connectivity index (χ2v) is 5.43. The monoisotopic (exact) mass is 292 g/mol. The summed E-state index contributed by atoms with van der Waals surface area (Å²) < 4.78 is 14.0. The van der Waals surface area contributed by atoms with Crippen LogP contribution in [0.1, 0.15) is 30.9 Å². The Morgan fingerprint density at radius 3 is 2.45 bits per heavy atom. The number of anilines is 1. The maximum atomic E-state index is 14.0. The van der Waals surface area contributed by atoms with Crippen molar-refractivity contribution in [2.24, 2.45) is 0 Å². The topological polar surface area (TPSA) is 24.9 Å². The molecule has 0 aliphatic heterocycles. The van der Waals surface area contributed by atoms with E-state index in [0.717, 1.165) is 24.0 Å². The van der Waals surface area contributed by atoms with Gasteiger partial charge in [0.1, 0.15) is 5.82 Å². The summed E-state index contributed by atoms with van der Waals surface area (Å²) in [5.74, 6) is 0.257. The van der Waals surface area contributed by atoms with E-state index in [1.165, 1.54) is 0 Å². The number of nitrogens with zero attached hydrogens (tertiary/aromatic N) is 1. The van der Waals surface area contributed by atoms with Gasteiger partial charge in [0, 0.05) is 12.1 Å². The molecule has 2 nitrogen and oxygen atoms in total. The lowest BCUT2D eigenvalue weighted by molar-refractivity contribution is 0.548. The first-order valence-corrected chi connectivity index (χ1v) is 6.62. The molecule has 0 spiro atoms. The third-order valence-electron chi connectivity index (χ3n) is 3.82. The van der Waals surface area contributed by atoms with Crippen molar-refractivity contribution in [1.29, 1.82) is 0 Å². The summed E-state index contributed by atoms with van der Waals surface area (Å²) in [4.78, 5) is 4.02. The summed E-state index contributed by atoms with van der Waals surface area (Å²) in [6.45, 7) is 2.74. The molecule has 1 aliphatic rings. The number of nitrogens with one attached hydrogen (secondary N) is 1. The molecule has 20 heavy (non-hydrogen) atoms. The van der Waals surface area contributed by atoms with Gasteiger partial charge in [-0.3, -0.25) is 0 Å². The third kappa shape index (κ3) is 3.10. The fourth-order valence-corrected chi connectivity index (χ4v) is 2.23. The average molecular weight is 293 g/mol. The van der Waals surface area contributed by atoms with Crippen LogP contribution in [0.4, 0.5) is 10.2 Å². The molecule has 1 N–H and O–H groups in total. The Morgan fingerprint density at radius 1 is 1.15 bits per heavy atom. The van der Waals surface area contributed by atoms with Gasteiger partial charge in [0.2, 0.25) is 5.95 Å². The molecular formula is C16H18ClFN2. The van der Waals surface area contributed by atoms with Crippen molar-refractivity contribution in [1.82, 2.24) is 4.98 Å². The smallest absolute Gasteiger partial charge is 0.218 e. The minimum absolute atomic E-state index is 0. The van der Waals surface area contributed by atoms with Crippen molar-refractivity contribution >= 4 is 18.2 Å². The van der Waals surface area contributed by atoms with Gasteiger partial charge in [-0.05, 0) is 29.9 Å². The molecule has 1 aromatic heterocycles. The highest BCUT2D eigenvalue weighted by Gasteiger charge is 2.41. The SMILES string of the molecule is CC1(c2ccc(NCc3ccccc3)nc2F)CC1.Cl. The molecule has 106 valence electrons. The first-order valence-electron chi connectivity index (χ1n) is 6.62. The summed E-state index contributed by atoms with van der Waals surface area (Å²) in [5.41, 5.74) is 1.93. The van der Waals surface area contributed by atoms with Gasteiger partial charge in [0.25, 0.3) is 0 Å². The maximum absolute atomic E-state index is 14.0. The second-order valence-electron chi connectivity index (χ2n) is 5.43. The Balaban J connectivity index is 0.00000147. The van der Waals surface area contributed by atoms with Crippen LogP contribution in [0, 0.1) is 5.95 Å². The van der Waals surface area contributed by atoms with Gasteiger partial charge in [-0.1, -0.05) is 43.3 Å². The number of rotatable bonds is 4. The Hall–Kier alpha value is -1.61. The van der Waals surface area contributed by atoms with E-state index in [1.54, 1.807) is 0 Å². The zero-order valence-electron chi connectivity index (χ0n) is 11.4. The Labute approximate surface area is 124 Å². The van der Waals surface area contributed by atoms with Gasteiger partial charge in [-0.2, -0.15) is 4.39 Å². The number of aromatic nitrogens is 1. The van der Waals surface area contributed by atoms with Crippen LogP contribution in [0.5, 0.6) is 0 Å². The summed E-state index contributed by atoms with van der Waals surface area (Å²) >= 11 is 0. The molecular weight excluding hydrogens is 275 g/mol. The minimum atomic E-state index is -0.335.